The number of carbonyl (C=O) groups is 1. The van der Waals surface area contributed by atoms with Gasteiger partial charge in [0.1, 0.15) is 24.7 Å². The van der Waals surface area contributed by atoms with Gasteiger partial charge in [-0.2, -0.15) is 0 Å². The van der Waals surface area contributed by atoms with Gasteiger partial charge in [-0.15, -0.1) is 0 Å². The summed E-state index contributed by atoms with van der Waals surface area (Å²) in [5.74, 6) is 0.117. The molecule has 0 aliphatic heterocycles. The number of aromatic carboxylic acids is 1. The number of aliphatic hydroxyl groups excluding tert-OH is 1. The van der Waals surface area contributed by atoms with E-state index in [2.05, 4.69) is 10.0 Å². The van der Waals surface area contributed by atoms with E-state index >= 15 is 0 Å². The normalized spacial score (nSPS) is 12.0. The first-order valence-electron chi connectivity index (χ1n) is 13.7. The lowest BCUT2D eigenvalue weighted by atomic mass is 9.95. The molecule has 1 atom stereocenters. The Morgan fingerprint density at radius 3 is 2.19 bits per heavy atom. The molecule has 0 aromatic heterocycles. The van der Waals surface area contributed by atoms with Crippen LogP contribution in [0.5, 0.6) is 11.5 Å². The first kappa shape index (κ1) is 31.6. The van der Waals surface area contributed by atoms with Crippen molar-refractivity contribution >= 4 is 21.7 Å². The van der Waals surface area contributed by atoms with Crippen molar-refractivity contribution in [2.75, 3.05) is 30.7 Å². The summed E-state index contributed by atoms with van der Waals surface area (Å²) in [5.41, 5.74) is 5.38. The van der Waals surface area contributed by atoms with E-state index in [0.29, 0.717) is 46.9 Å². The molecule has 4 N–H and O–H groups in total. The van der Waals surface area contributed by atoms with Crippen molar-refractivity contribution < 1.29 is 32.9 Å². The van der Waals surface area contributed by atoms with Crippen molar-refractivity contribution in [1.29, 1.82) is 0 Å². The van der Waals surface area contributed by atoms with Gasteiger partial charge in [0.15, 0.2) is 0 Å². The molecule has 10 heteroatoms. The zero-order valence-electron chi connectivity index (χ0n) is 24.3. The van der Waals surface area contributed by atoms with Gasteiger partial charge in [0, 0.05) is 13.1 Å². The number of carboxylic acids is 1. The number of rotatable bonds is 14. The second-order valence-corrected chi connectivity index (χ2v) is 12.0. The fraction of sp³-hybridized carbons (Fsp3) is 0.242. The van der Waals surface area contributed by atoms with Crippen LogP contribution in [-0.2, 0) is 16.6 Å². The average Bonchev–Trinajstić information content (AvgIpc) is 2.95. The molecule has 0 saturated heterocycles. The maximum Gasteiger partial charge on any atom is 0.336 e. The molecular weight excluding hydrogens is 568 g/mol. The van der Waals surface area contributed by atoms with E-state index < -0.39 is 22.1 Å². The molecule has 0 amide bonds. The molecule has 0 fully saturated rings. The first-order chi connectivity index (χ1) is 20.5. The average molecular weight is 605 g/mol. The molecule has 4 rings (SSSR count). The number of hydrogen-bond donors (Lipinski definition) is 4. The SMILES string of the molecule is Cc1cc(-c2ccc(OCCNC[C@H](O)c3ccc(OCc4ccccc4)c(NS(C)(=O)=O)c3)cc2)cc(C)c1C(=O)O. The van der Waals surface area contributed by atoms with Crippen LogP contribution in [0.3, 0.4) is 0 Å². The van der Waals surface area contributed by atoms with Crippen LogP contribution in [-0.4, -0.2) is 50.6 Å². The predicted octanol–water partition coefficient (Wildman–Crippen LogP) is 5.32. The van der Waals surface area contributed by atoms with Crippen LogP contribution in [0.15, 0.2) is 84.9 Å². The fourth-order valence-corrected chi connectivity index (χ4v) is 5.26. The fourth-order valence-electron chi connectivity index (χ4n) is 4.70. The smallest absolute Gasteiger partial charge is 0.336 e. The van der Waals surface area contributed by atoms with Gasteiger partial charge in [-0.3, -0.25) is 4.72 Å². The third-order valence-electron chi connectivity index (χ3n) is 6.74. The summed E-state index contributed by atoms with van der Waals surface area (Å²) in [6.07, 6.45) is 0.175. The van der Waals surface area contributed by atoms with E-state index in [0.717, 1.165) is 22.9 Å². The van der Waals surface area contributed by atoms with Crippen LogP contribution in [0.1, 0.15) is 38.7 Å². The third-order valence-corrected chi connectivity index (χ3v) is 7.33. The van der Waals surface area contributed by atoms with Crippen molar-refractivity contribution in [3.05, 3.63) is 113 Å². The Morgan fingerprint density at radius 1 is 0.884 bits per heavy atom. The summed E-state index contributed by atoms with van der Waals surface area (Å²) in [6, 6.07) is 25.8. The molecule has 43 heavy (non-hydrogen) atoms. The van der Waals surface area contributed by atoms with E-state index in [1.165, 1.54) is 0 Å². The van der Waals surface area contributed by atoms with E-state index in [4.69, 9.17) is 9.47 Å². The van der Waals surface area contributed by atoms with Crippen molar-refractivity contribution in [3.8, 4) is 22.6 Å². The zero-order valence-corrected chi connectivity index (χ0v) is 25.1. The van der Waals surface area contributed by atoms with Crippen LogP contribution in [0.25, 0.3) is 11.1 Å². The van der Waals surface area contributed by atoms with E-state index in [9.17, 15) is 23.4 Å². The quantitative estimate of drug-likeness (QED) is 0.142. The van der Waals surface area contributed by atoms with Gasteiger partial charge in [-0.25, -0.2) is 13.2 Å². The molecule has 0 unspecified atom stereocenters. The largest absolute Gasteiger partial charge is 0.492 e. The molecule has 4 aromatic carbocycles. The predicted molar refractivity (Wildman–Crippen MR) is 167 cm³/mol. The highest BCUT2D eigenvalue weighted by molar-refractivity contribution is 7.92. The minimum atomic E-state index is -3.57. The summed E-state index contributed by atoms with van der Waals surface area (Å²) in [7, 11) is -3.57. The maximum absolute atomic E-state index is 11.9. The Balaban J connectivity index is 1.28. The van der Waals surface area contributed by atoms with Crippen molar-refractivity contribution in [2.24, 2.45) is 0 Å². The van der Waals surface area contributed by atoms with Crippen molar-refractivity contribution in [3.63, 3.8) is 0 Å². The molecule has 0 saturated carbocycles. The number of hydrogen-bond acceptors (Lipinski definition) is 7. The Labute approximate surface area is 252 Å². The van der Waals surface area contributed by atoms with Crippen LogP contribution in [0.4, 0.5) is 5.69 Å². The molecular formula is C33H36N2O7S. The number of carboxylic acid groups (broad SMARTS) is 1. The second kappa shape index (κ2) is 14.2. The highest BCUT2D eigenvalue weighted by Crippen LogP contribution is 2.30. The van der Waals surface area contributed by atoms with Gasteiger partial charge in [0.25, 0.3) is 0 Å². The highest BCUT2D eigenvalue weighted by Gasteiger charge is 2.15. The Hall–Kier alpha value is -4.38. The molecule has 0 radical (unpaired) electrons. The third kappa shape index (κ3) is 9.05. The van der Waals surface area contributed by atoms with Crippen LogP contribution in [0.2, 0.25) is 0 Å². The Bertz CT molecular complexity index is 1630. The highest BCUT2D eigenvalue weighted by atomic mass is 32.2. The van der Waals surface area contributed by atoms with E-state index in [1.54, 1.807) is 32.0 Å². The monoisotopic (exact) mass is 604 g/mol. The van der Waals surface area contributed by atoms with Crippen LogP contribution in [0, 0.1) is 13.8 Å². The number of sulfonamides is 1. The molecule has 4 aromatic rings. The number of aliphatic hydroxyl groups is 1. The van der Waals surface area contributed by atoms with Gasteiger partial charge in [-0.05, 0) is 71.5 Å². The van der Waals surface area contributed by atoms with Crippen molar-refractivity contribution in [1.82, 2.24) is 5.32 Å². The Morgan fingerprint density at radius 2 is 1.56 bits per heavy atom. The van der Waals surface area contributed by atoms with Gasteiger partial charge in [0.05, 0.1) is 23.6 Å². The number of nitrogens with one attached hydrogen (secondary N) is 2. The number of ether oxygens (including phenoxy) is 2. The van der Waals surface area contributed by atoms with Crippen LogP contribution >= 0.6 is 0 Å². The summed E-state index contributed by atoms with van der Waals surface area (Å²) >= 11 is 0. The molecule has 0 spiro atoms. The number of benzene rings is 4. The van der Waals surface area contributed by atoms with Gasteiger partial charge in [-0.1, -0.05) is 60.7 Å². The summed E-state index contributed by atoms with van der Waals surface area (Å²) in [5, 5.41) is 23.3. The molecule has 0 aliphatic carbocycles. The summed E-state index contributed by atoms with van der Waals surface area (Å²) in [6.45, 7) is 4.93. The molecule has 9 nitrogen and oxygen atoms in total. The zero-order chi connectivity index (χ0) is 31.0. The number of anilines is 1. The van der Waals surface area contributed by atoms with Crippen molar-refractivity contribution in [2.45, 2.75) is 26.6 Å². The maximum atomic E-state index is 11.9. The summed E-state index contributed by atoms with van der Waals surface area (Å²) in [4.78, 5) is 11.5. The first-order valence-corrected chi connectivity index (χ1v) is 15.6. The lowest BCUT2D eigenvalue weighted by molar-refractivity contribution is 0.0695. The second-order valence-electron chi connectivity index (χ2n) is 10.3. The molecule has 226 valence electrons. The molecule has 0 bridgehead atoms. The van der Waals surface area contributed by atoms with E-state index in [1.807, 2.05) is 66.7 Å². The Kier molecular flexibility index (Phi) is 10.4. The lowest BCUT2D eigenvalue weighted by Crippen LogP contribution is -2.26. The van der Waals surface area contributed by atoms with Gasteiger partial charge < -0.3 is 25.0 Å². The minimum absolute atomic E-state index is 0.232. The topological polar surface area (TPSA) is 134 Å². The standard InChI is InChI=1S/C33H36N2O7S/c1-22-17-27(18-23(2)32(22)33(37)38)25-9-12-28(13-10-25)41-16-15-34-20-30(36)26-11-14-31(29(19-26)35-43(3,39)40)42-21-24-7-5-4-6-8-24/h4-14,17-19,30,34-36H,15-16,20-21H2,1-3H3,(H,37,38)/t30-/m0/s1. The molecule has 0 heterocycles. The van der Waals surface area contributed by atoms with Crippen LogP contribution < -0.4 is 19.5 Å². The van der Waals surface area contributed by atoms with Gasteiger partial charge >= 0.3 is 5.97 Å². The number of aryl methyl sites for hydroxylation is 2. The minimum Gasteiger partial charge on any atom is -0.492 e. The summed E-state index contributed by atoms with van der Waals surface area (Å²) < 4.78 is 38.0. The lowest BCUT2D eigenvalue weighted by Gasteiger charge is -2.17. The molecule has 0 aliphatic rings. The van der Waals surface area contributed by atoms with E-state index in [-0.39, 0.29) is 18.8 Å². The van der Waals surface area contributed by atoms with Gasteiger partial charge in [0.2, 0.25) is 10.0 Å².